The van der Waals surface area contributed by atoms with Crippen LogP contribution in [0.4, 0.5) is 0 Å². The highest BCUT2D eigenvalue weighted by Crippen LogP contribution is 2.15. The Labute approximate surface area is 189 Å². The third kappa shape index (κ3) is 28.4. The molecule has 0 aliphatic rings. The van der Waals surface area contributed by atoms with Crippen molar-refractivity contribution in [3.05, 3.63) is 0 Å². The molecule has 0 saturated carbocycles. The Bertz CT molecular complexity index is 237. The summed E-state index contributed by atoms with van der Waals surface area (Å²) in [6.07, 6.45) is 39.1. The second-order valence-corrected chi connectivity index (χ2v) is 10.0. The van der Waals surface area contributed by atoms with Crippen LogP contribution in [-0.2, 0) is 0 Å². The lowest BCUT2D eigenvalue weighted by molar-refractivity contribution is 0.516. The Balaban J connectivity index is 2.97. The van der Waals surface area contributed by atoms with Gasteiger partial charge in [0, 0.05) is 0 Å². The molecule has 29 heavy (non-hydrogen) atoms. The van der Waals surface area contributed by atoms with E-state index >= 15 is 0 Å². The van der Waals surface area contributed by atoms with Crippen LogP contribution in [0.1, 0.15) is 174 Å². The molecular formula is C28H57P. The maximum Gasteiger partial charge on any atom is -0.0242 e. The third-order valence-electron chi connectivity index (χ3n) is 6.51. The van der Waals surface area contributed by atoms with Crippen LogP contribution in [-0.4, -0.2) is 6.16 Å². The third-order valence-corrected chi connectivity index (χ3v) is 6.83. The highest BCUT2D eigenvalue weighted by atomic mass is 31.0. The summed E-state index contributed by atoms with van der Waals surface area (Å²) >= 11 is 0. The van der Waals surface area contributed by atoms with Crippen molar-refractivity contribution in [3.63, 3.8) is 0 Å². The predicted molar refractivity (Wildman–Crippen MR) is 138 cm³/mol. The van der Waals surface area contributed by atoms with Crippen molar-refractivity contribution in [2.24, 2.45) is 0 Å². The van der Waals surface area contributed by atoms with Gasteiger partial charge < -0.3 is 0 Å². The van der Waals surface area contributed by atoms with Crippen LogP contribution in [0, 0.1) is 0 Å². The van der Waals surface area contributed by atoms with Crippen LogP contribution < -0.4 is 0 Å². The molecule has 0 nitrogen and oxygen atoms in total. The van der Waals surface area contributed by atoms with Gasteiger partial charge in [-0.15, -0.1) is 0 Å². The van der Waals surface area contributed by atoms with Gasteiger partial charge in [-0.3, -0.25) is 0 Å². The molecule has 0 atom stereocenters. The molecule has 0 bridgehead atoms. The van der Waals surface area contributed by atoms with E-state index < -0.39 is 0 Å². The molecule has 0 rings (SSSR count). The van der Waals surface area contributed by atoms with E-state index in [2.05, 4.69) is 16.2 Å². The number of rotatable bonds is 26. The zero-order valence-corrected chi connectivity index (χ0v) is 21.4. The summed E-state index contributed by atoms with van der Waals surface area (Å²) in [6, 6.07) is 0. The Morgan fingerprint density at radius 1 is 0.276 bits per heavy atom. The zero-order chi connectivity index (χ0) is 21.1. The summed E-state index contributed by atoms with van der Waals surface area (Å²) in [7, 11) is 4.27. The lowest BCUT2D eigenvalue weighted by Crippen LogP contribution is -1.84. The summed E-state index contributed by atoms with van der Waals surface area (Å²) in [4.78, 5) is 0. The lowest BCUT2D eigenvalue weighted by Gasteiger charge is -2.04. The molecule has 0 aromatic heterocycles. The van der Waals surface area contributed by atoms with E-state index in [0.29, 0.717) is 0 Å². The largest absolute Gasteiger partial charge is 0.0654 e. The van der Waals surface area contributed by atoms with Gasteiger partial charge in [0.1, 0.15) is 0 Å². The molecule has 2 radical (unpaired) electrons. The van der Waals surface area contributed by atoms with Gasteiger partial charge in [0.15, 0.2) is 0 Å². The molecule has 0 aromatic carbocycles. The van der Waals surface area contributed by atoms with Crippen molar-refractivity contribution in [1.82, 2.24) is 0 Å². The number of unbranched alkanes of at least 4 members (excludes halogenated alkanes) is 25. The summed E-state index contributed by atoms with van der Waals surface area (Å²) in [6.45, 7) is 2.30. The summed E-state index contributed by atoms with van der Waals surface area (Å²) < 4.78 is 0. The van der Waals surface area contributed by atoms with Gasteiger partial charge in [0.25, 0.3) is 0 Å². The average molecular weight is 425 g/mol. The fourth-order valence-electron chi connectivity index (χ4n) is 4.43. The summed E-state index contributed by atoms with van der Waals surface area (Å²) in [5.41, 5.74) is 0. The maximum absolute atomic E-state index is 4.27. The lowest BCUT2D eigenvalue weighted by atomic mass is 10.0. The van der Waals surface area contributed by atoms with Gasteiger partial charge in [-0.1, -0.05) is 167 Å². The molecule has 0 N–H and O–H groups in total. The van der Waals surface area contributed by atoms with Gasteiger partial charge in [-0.2, -0.15) is 0 Å². The van der Waals surface area contributed by atoms with Gasteiger partial charge in [0.2, 0.25) is 0 Å². The van der Waals surface area contributed by atoms with Gasteiger partial charge in [-0.05, 0) is 21.8 Å². The van der Waals surface area contributed by atoms with Crippen molar-refractivity contribution in [3.8, 4) is 0 Å². The fourth-order valence-corrected chi connectivity index (χ4v) is 4.65. The van der Waals surface area contributed by atoms with Crippen molar-refractivity contribution < 1.29 is 0 Å². The second-order valence-electron chi connectivity index (χ2n) is 9.56. The highest BCUT2D eigenvalue weighted by Gasteiger charge is 1.96. The van der Waals surface area contributed by atoms with Crippen LogP contribution in [0.15, 0.2) is 0 Å². The smallest absolute Gasteiger partial charge is 0.0242 e. The predicted octanol–water partition coefficient (Wildman–Crippen LogP) is 11.6. The molecule has 1 heteroatoms. The molecule has 0 heterocycles. The van der Waals surface area contributed by atoms with E-state index in [1.807, 2.05) is 0 Å². The maximum atomic E-state index is 4.27. The molecule has 0 saturated heterocycles. The average Bonchev–Trinajstić information content (AvgIpc) is 2.74. The van der Waals surface area contributed by atoms with Gasteiger partial charge in [0.05, 0.1) is 0 Å². The van der Waals surface area contributed by atoms with E-state index in [0.717, 1.165) is 6.16 Å². The minimum atomic E-state index is 1.07. The van der Waals surface area contributed by atoms with E-state index in [1.54, 1.807) is 0 Å². The highest BCUT2D eigenvalue weighted by molar-refractivity contribution is 7.16. The second kappa shape index (κ2) is 28.4. The quantitative estimate of drug-likeness (QED) is 0.0956. The van der Waals surface area contributed by atoms with Gasteiger partial charge in [-0.25, -0.2) is 0 Å². The van der Waals surface area contributed by atoms with Crippen molar-refractivity contribution in [2.75, 3.05) is 6.16 Å². The van der Waals surface area contributed by atoms with Crippen LogP contribution >= 0.6 is 9.24 Å². The van der Waals surface area contributed by atoms with E-state index in [9.17, 15) is 0 Å². The van der Waals surface area contributed by atoms with E-state index in [1.165, 1.54) is 167 Å². The van der Waals surface area contributed by atoms with Crippen LogP contribution in [0.25, 0.3) is 0 Å². The zero-order valence-electron chi connectivity index (χ0n) is 20.5. The molecule has 0 spiro atoms. The monoisotopic (exact) mass is 424 g/mol. The first kappa shape index (κ1) is 29.4. The standard InChI is InChI=1S/C28H57P/c1-2-3-4-5-6-7-8-9-10-11-12-13-14-15-16-17-18-19-20-21-22-23-24-25-26-27-28-29/h2-28H2,1H3. The Morgan fingerprint density at radius 3 is 0.621 bits per heavy atom. The molecule has 0 aromatic rings. The SMILES string of the molecule is CCCCCCCCCCCCCCCCCCCCCCCCCCCC[P]. The molecule has 0 aliphatic carbocycles. The van der Waals surface area contributed by atoms with Gasteiger partial charge >= 0.3 is 0 Å². The molecule has 174 valence electrons. The first-order valence-electron chi connectivity index (χ1n) is 14.0. The minimum Gasteiger partial charge on any atom is -0.0654 e. The van der Waals surface area contributed by atoms with Crippen molar-refractivity contribution >= 4 is 9.24 Å². The summed E-state index contributed by atoms with van der Waals surface area (Å²) in [5, 5.41) is 0. The first-order valence-corrected chi connectivity index (χ1v) is 14.7. The molecular weight excluding hydrogens is 367 g/mol. The van der Waals surface area contributed by atoms with Crippen molar-refractivity contribution in [1.29, 1.82) is 0 Å². The van der Waals surface area contributed by atoms with E-state index in [4.69, 9.17) is 0 Å². The molecule has 0 fully saturated rings. The minimum absolute atomic E-state index is 1.07. The Hall–Kier alpha value is 0.430. The van der Waals surface area contributed by atoms with Crippen molar-refractivity contribution in [2.45, 2.75) is 174 Å². The Kier molecular flexibility index (Phi) is 28.9. The van der Waals surface area contributed by atoms with Crippen LogP contribution in [0.2, 0.25) is 0 Å². The fraction of sp³-hybridized carbons (Fsp3) is 1.00. The number of hydrogen-bond acceptors (Lipinski definition) is 0. The first-order chi connectivity index (χ1) is 14.4. The molecule has 0 aliphatic heterocycles. The number of hydrogen-bond donors (Lipinski definition) is 0. The topological polar surface area (TPSA) is 0 Å². The molecule has 0 unspecified atom stereocenters. The normalized spacial score (nSPS) is 11.4. The molecule has 0 amide bonds. The summed E-state index contributed by atoms with van der Waals surface area (Å²) in [5.74, 6) is 0. The Morgan fingerprint density at radius 2 is 0.448 bits per heavy atom. The van der Waals surface area contributed by atoms with Crippen LogP contribution in [0.3, 0.4) is 0 Å². The van der Waals surface area contributed by atoms with E-state index in [-0.39, 0.29) is 0 Å². The van der Waals surface area contributed by atoms with Crippen LogP contribution in [0.5, 0.6) is 0 Å².